The Morgan fingerprint density at radius 3 is 2.54 bits per heavy atom. The van der Waals surface area contributed by atoms with Crippen LogP contribution in [0.4, 0.5) is 0 Å². The summed E-state index contributed by atoms with van der Waals surface area (Å²) in [7, 11) is 4.36. The van der Waals surface area contributed by atoms with E-state index in [4.69, 9.17) is 9.47 Å². The van der Waals surface area contributed by atoms with Crippen molar-refractivity contribution in [1.82, 2.24) is 4.90 Å². The molecule has 0 saturated heterocycles. The highest BCUT2D eigenvalue weighted by molar-refractivity contribution is 7.21. The van der Waals surface area contributed by atoms with Crippen molar-refractivity contribution in [3.8, 4) is 11.5 Å². The van der Waals surface area contributed by atoms with Crippen LogP contribution in [0, 0.1) is 0 Å². The molecule has 0 spiro atoms. The van der Waals surface area contributed by atoms with Gasteiger partial charge in [-0.15, -0.1) is 11.3 Å². The summed E-state index contributed by atoms with van der Waals surface area (Å²) in [5.41, 5.74) is 0.547. The van der Waals surface area contributed by atoms with Crippen LogP contribution in [0.3, 0.4) is 0 Å². The van der Waals surface area contributed by atoms with Crippen LogP contribution in [0.2, 0.25) is 0 Å². The summed E-state index contributed by atoms with van der Waals surface area (Å²) >= 11 is 1.29. The maximum absolute atomic E-state index is 12.5. The second-order valence-electron chi connectivity index (χ2n) is 5.25. The zero-order chi connectivity index (χ0) is 17.4. The van der Waals surface area contributed by atoms with E-state index in [1.54, 1.807) is 19.2 Å². The Labute approximate surface area is 142 Å². The molecule has 7 nitrogen and oxygen atoms in total. The second kappa shape index (κ2) is 6.29. The molecule has 1 N–H and O–H groups in total. The number of rotatable bonds is 5. The minimum Gasteiger partial charge on any atom is -0.493 e. The van der Waals surface area contributed by atoms with Gasteiger partial charge in [-0.05, 0) is 6.07 Å². The minimum atomic E-state index is -1.09. The van der Waals surface area contributed by atoms with Crippen LogP contribution < -0.4 is 9.47 Å². The molecule has 0 bridgehead atoms. The van der Waals surface area contributed by atoms with Gasteiger partial charge in [0.05, 0.1) is 27.8 Å². The van der Waals surface area contributed by atoms with E-state index in [0.717, 1.165) is 10.1 Å². The van der Waals surface area contributed by atoms with Gasteiger partial charge in [0.1, 0.15) is 4.88 Å². The van der Waals surface area contributed by atoms with Crippen LogP contribution in [0.25, 0.3) is 10.1 Å². The number of ether oxygens (including phenoxy) is 3. The number of benzene rings is 1. The van der Waals surface area contributed by atoms with Crippen LogP contribution in [-0.4, -0.2) is 49.8 Å². The molecule has 1 aliphatic rings. The van der Waals surface area contributed by atoms with Gasteiger partial charge in [-0.25, -0.2) is 0 Å². The molecule has 2 heterocycles. The lowest BCUT2D eigenvalue weighted by molar-refractivity contribution is -0.141. The number of thiophene rings is 1. The van der Waals surface area contributed by atoms with Crippen LogP contribution in [0.15, 0.2) is 12.1 Å². The summed E-state index contributed by atoms with van der Waals surface area (Å²) in [5.74, 6) is 0.370. The quantitative estimate of drug-likeness (QED) is 0.829. The second-order valence-corrected chi connectivity index (χ2v) is 6.30. The van der Waals surface area contributed by atoms with Crippen molar-refractivity contribution >= 4 is 33.3 Å². The monoisotopic (exact) mass is 351 g/mol. The molecule has 0 aliphatic carbocycles. The number of esters is 1. The lowest BCUT2D eigenvalue weighted by atomic mass is 10.1. The van der Waals surface area contributed by atoms with Crippen LogP contribution >= 0.6 is 11.3 Å². The van der Waals surface area contributed by atoms with E-state index < -0.39 is 12.2 Å². The number of nitrogens with zero attached hydrogens (tertiary/aromatic N) is 1. The average Bonchev–Trinajstić information content (AvgIpc) is 3.07. The molecule has 1 aromatic carbocycles. The zero-order valence-electron chi connectivity index (χ0n) is 13.5. The van der Waals surface area contributed by atoms with Crippen molar-refractivity contribution in [3.05, 3.63) is 22.6 Å². The third-order valence-corrected chi connectivity index (χ3v) is 5.18. The van der Waals surface area contributed by atoms with Gasteiger partial charge in [0, 0.05) is 28.3 Å². The van der Waals surface area contributed by atoms with Crippen LogP contribution in [0.1, 0.15) is 27.9 Å². The van der Waals surface area contributed by atoms with Crippen molar-refractivity contribution in [2.24, 2.45) is 0 Å². The molecule has 128 valence electrons. The summed E-state index contributed by atoms with van der Waals surface area (Å²) in [6, 6.07) is 3.54. The summed E-state index contributed by atoms with van der Waals surface area (Å²) in [6.07, 6.45) is -1.06. The number of methoxy groups -OCH3 is 3. The van der Waals surface area contributed by atoms with Crippen molar-refractivity contribution in [1.29, 1.82) is 0 Å². The SMILES string of the molecule is COC(=O)CCN1C(=O)c2sc3cc(OC)c(OC)cc3c2C1O. The molecule has 1 aromatic heterocycles. The fourth-order valence-electron chi connectivity index (χ4n) is 2.79. The maximum Gasteiger partial charge on any atom is 0.307 e. The summed E-state index contributed by atoms with van der Waals surface area (Å²) in [6.45, 7) is 0.100. The Hall–Kier alpha value is -2.32. The first-order chi connectivity index (χ1) is 11.5. The molecule has 24 heavy (non-hydrogen) atoms. The first kappa shape index (κ1) is 16.5. The first-order valence-electron chi connectivity index (χ1n) is 7.26. The first-order valence-corrected chi connectivity index (χ1v) is 8.07. The number of hydrogen-bond donors (Lipinski definition) is 1. The van der Waals surface area contributed by atoms with Crippen LogP contribution in [0.5, 0.6) is 11.5 Å². The lowest BCUT2D eigenvalue weighted by Crippen LogP contribution is -2.30. The van der Waals surface area contributed by atoms with E-state index in [9.17, 15) is 14.7 Å². The fraction of sp³-hybridized carbons (Fsp3) is 0.375. The van der Waals surface area contributed by atoms with Crippen molar-refractivity contribution < 1.29 is 28.9 Å². The number of carbonyl (C=O) groups is 2. The summed E-state index contributed by atoms with van der Waals surface area (Å²) in [5, 5.41) is 11.3. The van der Waals surface area contributed by atoms with E-state index >= 15 is 0 Å². The normalized spacial score (nSPS) is 16.4. The fourth-order valence-corrected chi connectivity index (χ4v) is 3.99. The molecular weight excluding hydrogens is 334 g/mol. The lowest BCUT2D eigenvalue weighted by Gasteiger charge is -2.20. The Kier molecular flexibility index (Phi) is 4.33. The van der Waals surface area contributed by atoms with Crippen molar-refractivity contribution in [3.63, 3.8) is 0 Å². The van der Waals surface area contributed by atoms with E-state index in [2.05, 4.69) is 4.74 Å². The molecule has 3 rings (SSSR count). The molecule has 1 aliphatic heterocycles. The minimum absolute atomic E-state index is 0.0311. The van der Waals surface area contributed by atoms with Gasteiger partial charge in [-0.2, -0.15) is 0 Å². The molecule has 1 atom stereocenters. The molecule has 2 aromatic rings. The molecule has 8 heteroatoms. The van der Waals surface area contributed by atoms with Crippen molar-refractivity contribution in [2.45, 2.75) is 12.6 Å². The summed E-state index contributed by atoms with van der Waals surface area (Å²) in [4.78, 5) is 25.6. The highest BCUT2D eigenvalue weighted by Crippen LogP contribution is 2.46. The number of amides is 1. The number of aliphatic hydroxyl groups is 1. The largest absolute Gasteiger partial charge is 0.493 e. The van der Waals surface area contributed by atoms with Gasteiger partial charge in [-0.1, -0.05) is 0 Å². The highest BCUT2D eigenvalue weighted by Gasteiger charge is 2.39. The smallest absolute Gasteiger partial charge is 0.307 e. The molecule has 1 amide bonds. The topological polar surface area (TPSA) is 85.3 Å². The third-order valence-electron chi connectivity index (χ3n) is 4.03. The molecular formula is C16H17NO6S. The zero-order valence-corrected chi connectivity index (χ0v) is 14.3. The predicted molar refractivity (Wildman–Crippen MR) is 87.6 cm³/mol. The predicted octanol–water partition coefficient (Wildman–Crippen LogP) is 1.93. The Morgan fingerprint density at radius 1 is 1.25 bits per heavy atom. The number of aliphatic hydroxyl groups excluding tert-OH is 1. The average molecular weight is 351 g/mol. The van der Waals surface area contributed by atoms with Gasteiger partial charge in [0.25, 0.3) is 5.91 Å². The standard InChI is InChI=1S/C16H17NO6S/c1-21-9-6-8-11(7-10(9)22-2)24-14-13(8)15(19)17(16(14)20)5-4-12(18)23-3/h6-7,15,19H,4-5H2,1-3H3. The Balaban J connectivity index is 2.00. The van der Waals surface area contributed by atoms with E-state index in [-0.39, 0.29) is 18.9 Å². The van der Waals surface area contributed by atoms with Gasteiger partial charge in [-0.3, -0.25) is 9.59 Å². The molecule has 0 saturated carbocycles. The molecule has 1 unspecified atom stereocenters. The Bertz CT molecular complexity index is 814. The van der Waals surface area contributed by atoms with Gasteiger partial charge < -0.3 is 24.2 Å². The van der Waals surface area contributed by atoms with E-state index in [0.29, 0.717) is 21.9 Å². The third kappa shape index (κ3) is 2.47. The van der Waals surface area contributed by atoms with E-state index in [1.165, 1.54) is 30.5 Å². The molecule has 0 fully saturated rings. The Morgan fingerprint density at radius 2 is 1.92 bits per heavy atom. The van der Waals surface area contributed by atoms with Crippen molar-refractivity contribution in [2.75, 3.05) is 27.9 Å². The number of carbonyl (C=O) groups excluding carboxylic acids is 2. The van der Waals surface area contributed by atoms with Gasteiger partial charge >= 0.3 is 5.97 Å². The number of hydrogen-bond acceptors (Lipinski definition) is 7. The van der Waals surface area contributed by atoms with Gasteiger partial charge in [0.2, 0.25) is 0 Å². The van der Waals surface area contributed by atoms with E-state index in [1.807, 2.05) is 0 Å². The number of fused-ring (bicyclic) bond motifs is 3. The van der Waals surface area contributed by atoms with Crippen LogP contribution in [-0.2, 0) is 9.53 Å². The van der Waals surface area contributed by atoms with Gasteiger partial charge in [0.15, 0.2) is 17.7 Å². The summed E-state index contributed by atoms with van der Waals surface area (Å²) < 4.78 is 16.0. The maximum atomic E-state index is 12.5. The molecule has 0 radical (unpaired) electrons. The highest BCUT2D eigenvalue weighted by atomic mass is 32.1.